The maximum atomic E-state index is 11.3. The standard InChI is InChI=1S/C9H17N3O5S/c1-18(17)5-4-11-9(16)12-6(8(14)15)2-3-7(10)13/h6H,2-5H2,1H3,(H2,10,13)(H,14,15)(H2,11,12,16). The molecule has 0 rings (SSSR count). The lowest BCUT2D eigenvalue weighted by molar-refractivity contribution is -0.139. The Morgan fingerprint density at radius 1 is 1.39 bits per heavy atom. The van der Waals surface area contributed by atoms with Crippen LogP contribution in [0.3, 0.4) is 0 Å². The number of primary amides is 1. The van der Waals surface area contributed by atoms with Crippen LogP contribution in [0.4, 0.5) is 4.79 Å². The Kier molecular flexibility index (Phi) is 7.68. The Morgan fingerprint density at radius 2 is 2.00 bits per heavy atom. The average Bonchev–Trinajstić information content (AvgIpc) is 2.22. The molecule has 2 unspecified atom stereocenters. The first-order valence-electron chi connectivity index (χ1n) is 5.18. The fourth-order valence-corrected chi connectivity index (χ4v) is 1.45. The largest absolute Gasteiger partial charge is 0.480 e. The van der Waals surface area contributed by atoms with Gasteiger partial charge in [0.05, 0.1) is 0 Å². The molecule has 0 bridgehead atoms. The second kappa shape index (κ2) is 8.45. The zero-order valence-electron chi connectivity index (χ0n) is 9.97. The third kappa shape index (κ3) is 8.50. The van der Waals surface area contributed by atoms with Gasteiger partial charge in [0.15, 0.2) is 0 Å². The minimum absolute atomic E-state index is 0.0716. The zero-order valence-corrected chi connectivity index (χ0v) is 10.8. The first-order valence-corrected chi connectivity index (χ1v) is 6.91. The molecule has 2 atom stereocenters. The Labute approximate surface area is 107 Å². The van der Waals surface area contributed by atoms with Gasteiger partial charge >= 0.3 is 12.0 Å². The van der Waals surface area contributed by atoms with E-state index < -0.39 is 34.7 Å². The molecule has 104 valence electrons. The van der Waals surface area contributed by atoms with Crippen molar-refractivity contribution in [3.8, 4) is 0 Å². The Balaban J connectivity index is 4.07. The van der Waals surface area contributed by atoms with Crippen molar-refractivity contribution in [3.63, 3.8) is 0 Å². The van der Waals surface area contributed by atoms with E-state index in [4.69, 9.17) is 10.8 Å². The predicted molar refractivity (Wildman–Crippen MR) is 65.3 cm³/mol. The van der Waals surface area contributed by atoms with Gasteiger partial charge in [0.2, 0.25) is 5.91 Å². The Morgan fingerprint density at radius 3 is 2.44 bits per heavy atom. The summed E-state index contributed by atoms with van der Waals surface area (Å²) in [6, 6.07) is -1.86. The summed E-state index contributed by atoms with van der Waals surface area (Å²) < 4.78 is 10.7. The van der Waals surface area contributed by atoms with E-state index in [0.29, 0.717) is 0 Å². The molecule has 18 heavy (non-hydrogen) atoms. The van der Waals surface area contributed by atoms with E-state index in [9.17, 15) is 18.6 Å². The maximum absolute atomic E-state index is 11.3. The van der Waals surface area contributed by atoms with E-state index >= 15 is 0 Å². The summed E-state index contributed by atoms with van der Waals surface area (Å²) in [5.41, 5.74) is 4.89. The summed E-state index contributed by atoms with van der Waals surface area (Å²) in [7, 11) is -1.03. The zero-order chi connectivity index (χ0) is 14.1. The van der Waals surface area contributed by atoms with Crippen LogP contribution in [0.25, 0.3) is 0 Å². The molecule has 0 aliphatic rings. The van der Waals surface area contributed by atoms with Crippen molar-refractivity contribution in [2.45, 2.75) is 18.9 Å². The summed E-state index contributed by atoms with van der Waals surface area (Å²) in [6.07, 6.45) is 1.29. The highest BCUT2D eigenvalue weighted by atomic mass is 32.2. The van der Waals surface area contributed by atoms with Gasteiger partial charge in [0.1, 0.15) is 6.04 Å². The molecule has 0 aromatic heterocycles. The number of urea groups is 1. The summed E-state index contributed by atoms with van der Waals surface area (Å²) in [5, 5.41) is 13.4. The third-order valence-electron chi connectivity index (χ3n) is 1.96. The first kappa shape index (κ1) is 16.4. The Hall–Kier alpha value is -1.64. The fourth-order valence-electron chi connectivity index (χ4n) is 1.06. The summed E-state index contributed by atoms with van der Waals surface area (Å²) in [4.78, 5) is 32.6. The van der Waals surface area contributed by atoms with Gasteiger partial charge in [-0.3, -0.25) is 9.00 Å². The first-order chi connectivity index (χ1) is 8.32. The molecule has 0 saturated carbocycles. The molecule has 0 aliphatic heterocycles. The van der Waals surface area contributed by atoms with Crippen LogP contribution >= 0.6 is 0 Å². The number of hydrogen-bond donors (Lipinski definition) is 4. The fraction of sp³-hybridized carbons (Fsp3) is 0.667. The van der Waals surface area contributed by atoms with Crippen LogP contribution in [0.15, 0.2) is 0 Å². The van der Waals surface area contributed by atoms with Crippen LogP contribution in [-0.2, 0) is 20.4 Å². The van der Waals surface area contributed by atoms with Gasteiger partial charge in [-0.05, 0) is 6.42 Å². The molecular weight excluding hydrogens is 262 g/mol. The number of nitrogens with two attached hydrogens (primary N) is 1. The van der Waals surface area contributed by atoms with Crippen LogP contribution in [0, 0.1) is 0 Å². The van der Waals surface area contributed by atoms with Crippen molar-refractivity contribution < 1.29 is 23.7 Å². The molecule has 0 spiro atoms. The van der Waals surface area contributed by atoms with Crippen LogP contribution < -0.4 is 16.4 Å². The number of aliphatic carboxylic acids is 1. The van der Waals surface area contributed by atoms with Crippen molar-refractivity contribution in [1.29, 1.82) is 0 Å². The van der Waals surface area contributed by atoms with Gasteiger partial charge in [0.25, 0.3) is 0 Å². The highest BCUT2D eigenvalue weighted by molar-refractivity contribution is 7.84. The molecule has 0 aromatic rings. The van der Waals surface area contributed by atoms with Gasteiger partial charge in [-0.15, -0.1) is 0 Å². The lowest BCUT2D eigenvalue weighted by Gasteiger charge is -2.14. The molecule has 0 fully saturated rings. The molecule has 0 saturated heterocycles. The number of carbonyl (C=O) groups is 3. The van der Waals surface area contributed by atoms with Crippen molar-refractivity contribution in [2.24, 2.45) is 5.73 Å². The number of amides is 3. The van der Waals surface area contributed by atoms with Crippen molar-refractivity contribution in [2.75, 3.05) is 18.6 Å². The topological polar surface area (TPSA) is 139 Å². The van der Waals surface area contributed by atoms with Crippen LogP contribution in [0.5, 0.6) is 0 Å². The molecule has 0 aromatic carbocycles. The second-order valence-electron chi connectivity index (χ2n) is 3.57. The SMILES string of the molecule is CS(=O)CCNC(=O)NC(CCC(N)=O)C(=O)O. The number of rotatable bonds is 8. The van der Waals surface area contributed by atoms with Crippen molar-refractivity contribution in [3.05, 3.63) is 0 Å². The van der Waals surface area contributed by atoms with Crippen LogP contribution in [0.1, 0.15) is 12.8 Å². The molecule has 3 amide bonds. The summed E-state index contributed by atoms with van der Waals surface area (Å²) in [6.45, 7) is 0.178. The average molecular weight is 279 g/mol. The molecular formula is C9H17N3O5S. The van der Waals surface area contributed by atoms with E-state index in [1.807, 2.05) is 0 Å². The van der Waals surface area contributed by atoms with Crippen LogP contribution in [-0.4, -0.2) is 51.8 Å². The monoisotopic (exact) mass is 279 g/mol. The molecule has 0 aliphatic carbocycles. The summed E-state index contributed by atoms with van der Waals surface area (Å²) in [5.74, 6) is -1.60. The lowest BCUT2D eigenvalue weighted by atomic mass is 10.1. The molecule has 0 heterocycles. The lowest BCUT2D eigenvalue weighted by Crippen LogP contribution is -2.47. The minimum atomic E-state index is -1.24. The number of nitrogens with one attached hydrogen (secondary N) is 2. The number of carboxylic acids is 1. The van der Waals surface area contributed by atoms with Crippen molar-refractivity contribution >= 4 is 28.7 Å². The molecule has 5 N–H and O–H groups in total. The molecule has 9 heteroatoms. The third-order valence-corrected chi connectivity index (χ3v) is 2.74. The normalized spacial score (nSPS) is 13.4. The van der Waals surface area contributed by atoms with Crippen LogP contribution in [0.2, 0.25) is 0 Å². The Bertz CT molecular complexity index is 347. The maximum Gasteiger partial charge on any atom is 0.326 e. The highest BCUT2D eigenvalue weighted by Gasteiger charge is 2.20. The van der Waals surface area contributed by atoms with Gasteiger partial charge in [-0.1, -0.05) is 0 Å². The molecule has 8 nitrogen and oxygen atoms in total. The summed E-state index contributed by atoms with van der Waals surface area (Å²) >= 11 is 0. The van der Waals surface area contributed by atoms with E-state index in [0.717, 1.165) is 0 Å². The smallest absolute Gasteiger partial charge is 0.326 e. The predicted octanol–water partition coefficient (Wildman–Crippen LogP) is -1.62. The number of hydrogen-bond acceptors (Lipinski definition) is 4. The number of carboxylic acid groups (broad SMARTS) is 1. The van der Waals surface area contributed by atoms with Gasteiger partial charge in [-0.2, -0.15) is 0 Å². The quantitative estimate of drug-likeness (QED) is 0.423. The van der Waals surface area contributed by atoms with Gasteiger partial charge < -0.3 is 21.5 Å². The van der Waals surface area contributed by atoms with Gasteiger partial charge in [-0.25, -0.2) is 9.59 Å². The van der Waals surface area contributed by atoms with Gasteiger partial charge in [0, 0.05) is 35.8 Å². The van der Waals surface area contributed by atoms with E-state index in [2.05, 4.69) is 10.6 Å². The van der Waals surface area contributed by atoms with E-state index in [1.165, 1.54) is 6.26 Å². The minimum Gasteiger partial charge on any atom is -0.480 e. The highest BCUT2D eigenvalue weighted by Crippen LogP contribution is 1.97. The van der Waals surface area contributed by atoms with E-state index in [1.54, 1.807) is 0 Å². The molecule has 0 radical (unpaired) electrons. The number of carbonyl (C=O) groups excluding carboxylic acids is 2. The van der Waals surface area contributed by atoms with E-state index in [-0.39, 0.29) is 25.1 Å². The van der Waals surface area contributed by atoms with Crippen molar-refractivity contribution in [1.82, 2.24) is 10.6 Å². The second-order valence-corrected chi connectivity index (χ2v) is 5.13.